The number of likely N-dealkylation sites (tertiary alicyclic amines) is 1. The normalized spacial score (nSPS) is 22.4. The second-order valence-electron chi connectivity index (χ2n) is 4.88. The van der Waals surface area contributed by atoms with Crippen LogP contribution in [0.5, 0.6) is 0 Å². The molecule has 6 nitrogen and oxygen atoms in total. The zero-order chi connectivity index (χ0) is 13.5. The first-order chi connectivity index (χ1) is 8.50. The van der Waals surface area contributed by atoms with Crippen LogP contribution in [0.15, 0.2) is 0 Å². The Balaban J connectivity index is 2.29. The van der Waals surface area contributed by atoms with Gasteiger partial charge in [-0.25, -0.2) is 4.79 Å². The van der Waals surface area contributed by atoms with E-state index in [1.165, 1.54) is 19.8 Å². The van der Waals surface area contributed by atoms with Crippen molar-refractivity contribution < 1.29 is 14.7 Å². The Hall–Kier alpha value is -1.14. The van der Waals surface area contributed by atoms with Gasteiger partial charge in [-0.05, 0) is 26.4 Å². The lowest BCUT2D eigenvalue weighted by Gasteiger charge is -2.32. The molecule has 2 atom stereocenters. The first-order valence-electron chi connectivity index (χ1n) is 6.41. The zero-order valence-corrected chi connectivity index (χ0v) is 11.1. The van der Waals surface area contributed by atoms with Gasteiger partial charge in [-0.3, -0.25) is 4.79 Å². The maximum Gasteiger partial charge on any atom is 0.327 e. The number of carbonyl (C=O) groups excluding carboxylic acids is 1. The summed E-state index contributed by atoms with van der Waals surface area (Å²) in [6, 6.07) is -0.387. The molecule has 1 fully saturated rings. The predicted octanol–water partition coefficient (Wildman–Crippen LogP) is -0.350. The van der Waals surface area contributed by atoms with Crippen molar-refractivity contribution in [3.8, 4) is 0 Å². The van der Waals surface area contributed by atoms with Crippen LogP contribution in [0.2, 0.25) is 0 Å². The minimum atomic E-state index is -1.00. The van der Waals surface area contributed by atoms with E-state index in [1.807, 2.05) is 0 Å². The zero-order valence-electron chi connectivity index (χ0n) is 11.1. The number of nitrogens with zero attached hydrogens (tertiary/aromatic N) is 1. The summed E-state index contributed by atoms with van der Waals surface area (Å²) in [5, 5.41) is 14.5. The van der Waals surface area contributed by atoms with Crippen LogP contribution in [-0.2, 0) is 9.59 Å². The van der Waals surface area contributed by atoms with Gasteiger partial charge in [0.1, 0.15) is 6.04 Å². The molecule has 0 aromatic heterocycles. The number of hydrogen-bond acceptors (Lipinski definition) is 4. The van der Waals surface area contributed by atoms with Crippen molar-refractivity contribution in [3.63, 3.8) is 0 Å². The number of amides is 1. The molecule has 0 radical (unpaired) electrons. The van der Waals surface area contributed by atoms with Gasteiger partial charge in [-0.2, -0.15) is 0 Å². The molecule has 3 N–H and O–H groups in total. The fraction of sp³-hybridized carbons (Fsp3) is 0.833. The van der Waals surface area contributed by atoms with Crippen LogP contribution in [0.3, 0.4) is 0 Å². The summed E-state index contributed by atoms with van der Waals surface area (Å²) in [4.78, 5) is 24.1. The van der Waals surface area contributed by atoms with Gasteiger partial charge in [0.05, 0.1) is 0 Å². The lowest BCUT2D eigenvalue weighted by molar-refractivity contribution is -0.141. The molecule has 0 aromatic carbocycles. The van der Waals surface area contributed by atoms with Crippen LogP contribution in [0.25, 0.3) is 0 Å². The number of likely N-dealkylation sites (N-methyl/N-ethyl adjacent to an activating group) is 1. The van der Waals surface area contributed by atoms with Crippen molar-refractivity contribution in [2.24, 2.45) is 0 Å². The molecule has 1 heterocycles. The first-order valence-corrected chi connectivity index (χ1v) is 6.41. The Morgan fingerprint density at radius 3 is 2.72 bits per heavy atom. The third kappa shape index (κ3) is 5.01. The van der Waals surface area contributed by atoms with Crippen LogP contribution < -0.4 is 10.6 Å². The fourth-order valence-corrected chi connectivity index (χ4v) is 2.24. The number of aliphatic carboxylic acids is 1. The van der Waals surface area contributed by atoms with E-state index < -0.39 is 12.0 Å². The number of carbonyl (C=O) groups is 2. The summed E-state index contributed by atoms with van der Waals surface area (Å²) in [5.41, 5.74) is 0. The van der Waals surface area contributed by atoms with Crippen LogP contribution in [0.1, 0.15) is 26.2 Å². The summed E-state index contributed by atoms with van der Waals surface area (Å²) < 4.78 is 0. The monoisotopic (exact) mass is 257 g/mol. The quantitative estimate of drug-likeness (QED) is 0.606. The Kier molecular flexibility index (Phi) is 6.07. The molecule has 1 amide bonds. The van der Waals surface area contributed by atoms with Crippen LogP contribution in [0, 0.1) is 0 Å². The highest BCUT2D eigenvalue weighted by atomic mass is 16.4. The molecule has 0 saturated carbocycles. The fourth-order valence-electron chi connectivity index (χ4n) is 2.24. The average Bonchev–Trinajstić information content (AvgIpc) is 2.29. The van der Waals surface area contributed by atoms with E-state index >= 15 is 0 Å². The van der Waals surface area contributed by atoms with E-state index in [2.05, 4.69) is 22.6 Å². The van der Waals surface area contributed by atoms with E-state index in [0.29, 0.717) is 6.04 Å². The SMILES string of the molecule is CC(=O)NC(CNCC1CCCCN1C)C(=O)O. The molecule has 1 aliphatic rings. The third-order valence-corrected chi connectivity index (χ3v) is 3.33. The summed E-state index contributed by atoms with van der Waals surface area (Å²) in [5.74, 6) is -1.33. The van der Waals surface area contributed by atoms with Crippen molar-refractivity contribution in [2.45, 2.75) is 38.3 Å². The summed E-state index contributed by atoms with van der Waals surface area (Å²) in [7, 11) is 2.09. The number of carboxylic acids is 1. The molecule has 104 valence electrons. The van der Waals surface area contributed by atoms with E-state index in [9.17, 15) is 9.59 Å². The van der Waals surface area contributed by atoms with E-state index in [0.717, 1.165) is 19.5 Å². The van der Waals surface area contributed by atoms with Gasteiger partial charge in [-0.15, -0.1) is 0 Å². The van der Waals surface area contributed by atoms with Crippen molar-refractivity contribution in [1.82, 2.24) is 15.5 Å². The molecule has 1 aliphatic heterocycles. The van der Waals surface area contributed by atoms with Gasteiger partial charge in [0.2, 0.25) is 5.91 Å². The number of hydrogen-bond donors (Lipinski definition) is 3. The molecular formula is C12H23N3O3. The number of rotatable bonds is 6. The smallest absolute Gasteiger partial charge is 0.327 e. The van der Waals surface area contributed by atoms with E-state index in [-0.39, 0.29) is 12.5 Å². The standard InChI is InChI=1S/C12H23N3O3/c1-9(16)14-11(12(17)18)8-13-7-10-5-3-4-6-15(10)2/h10-11,13H,3-8H2,1-2H3,(H,14,16)(H,17,18). The van der Waals surface area contributed by atoms with Crippen LogP contribution >= 0.6 is 0 Å². The molecule has 0 bridgehead atoms. The maximum absolute atomic E-state index is 10.9. The molecule has 1 saturated heterocycles. The molecule has 2 unspecified atom stereocenters. The van der Waals surface area contributed by atoms with Gasteiger partial charge >= 0.3 is 5.97 Å². The molecule has 18 heavy (non-hydrogen) atoms. The summed E-state index contributed by atoms with van der Waals surface area (Å²) >= 11 is 0. The minimum absolute atomic E-state index is 0.263. The summed E-state index contributed by atoms with van der Waals surface area (Å²) in [6.45, 7) is 3.45. The van der Waals surface area contributed by atoms with Crippen molar-refractivity contribution >= 4 is 11.9 Å². The van der Waals surface area contributed by atoms with Crippen LogP contribution in [-0.4, -0.2) is 60.6 Å². The molecule has 0 aliphatic carbocycles. The van der Waals surface area contributed by atoms with Crippen LogP contribution in [0.4, 0.5) is 0 Å². The highest BCUT2D eigenvalue weighted by Gasteiger charge is 2.21. The van der Waals surface area contributed by atoms with Gasteiger partial charge < -0.3 is 20.6 Å². The average molecular weight is 257 g/mol. The molecule has 6 heteroatoms. The third-order valence-electron chi connectivity index (χ3n) is 3.33. The van der Waals surface area contributed by atoms with Gasteiger partial charge in [-0.1, -0.05) is 6.42 Å². The van der Waals surface area contributed by atoms with Crippen molar-refractivity contribution in [3.05, 3.63) is 0 Å². The number of nitrogens with one attached hydrogen (secondary N) is 2. The highest BCUT2D eigenvalue weighted by molar-refractivity contribution is 5.82. The van der Waals surface area contributed by atoms with Crippen molar-refractivity contribution in [2.75, 3.05) is 26.7 Å². The number of carboxylic acid groups (broad SMARTS) is 1. The highest BCUT2D eigenvalue weighted by Crippen LogP contribution is 2.13. The van der Waals surface area contributed by atoms with Gasteiger partial charge in [0.25, 0.3) is 0 Å². The Morgan fingerprint density at radius 1 is 1.44 bits per heavy atom. The largest absolute Gasteiger partial charge is 0.480 e. The van der Waals surface area contributed by atoms with Crippen molar-refractivity contribution in [1.29, 1.82) is 0 Å². The lowest BCUT2D eigenvalue weighted by atomic mass is 10.0. The molecule has 0 aromatic rings. The second kappa shape index (κ2) is 7.33. The lowest BCUT2D eigenvalue weighted by Crippen LogP contribution is -2.50. The molecule has 0 spiro atoms. The van der Waals surface area contributed by atoms with E-state index in [1.54, 1.807) is 0 Å². The Bertz CT molecular complexity index is 296. The Labute approximate surface area is 108 Å². The van der Waals surface area contributed by atoms with E-state index in [4.69, 9.17) is 5.11 Å². The molecule has 1 rings (SSSR count). The topological polar surface area (TPSA) is 81.7 Å². The second-order valence-corrected chi connectivity index (χ2v) is 4.88. The Morgan fingerprint density at radius 2 is 2.17 bits per heavy atom. The maximum atomic E-state index is 10.9. The molecular weight excluding hydrogens is 234 g/mol. The summed E-state index contributed by atoms with van der Waals surface area (Å²) in [6.07, 6.45) is 3.60. The predicted molar refractivity (Wildman–Crippen MR) is 68.4 cm³/mol. The van der Waals surface area contributed by atoms with Gasteiger partial charge in [0, 0.05) is 26.1 Å². The van der Waals surface area contributed by atoms with Gasteiger partial charge in [0.15, 0.2) is 0 Å². The number of piperidine rings is 1. The minimum Gasteiger partial charge on any atom is -0.480 e. The first kappa shape index (κ1) is 14.9.